The third-order valence-electron chi connectivity index (χ3n) is 1.58. The molecule has 0 aliphatic rings. The molecule has 0 fully saturated rings. The maximum atomic E-state index is 12.3. The molecule has 0 nitrogen and oxygen atoms in total. The van der Waals surface area contributed by atoms with Gasteiger partial charge < -0.3 is 0 Å². The van der Waals surface area contributed by atoms with Crippen LogP contribution in [0.2, 0.25) is 0 Å². The summed E-state index contributed by atoms with van der Waals surface area (Å²) in [6.45, 7) is 1.77. The van der Waals surface area contributed by atoms with Crippen LogP contribution in [-0.2, 0) is 6.18 Å². The van der Waals surface area contributed by atoms with Crippen LogP contribution >= 0.6 is 38.5 Å². The Labute approximate surface area is 95.8 Å². The first-order valence-electron chi connectivity index (χ1n) is 3.36. The highest BCUT2D eigenvalue weighted by molar-refractivity contribution is 14.1. The van der Waals surface area contributed by atoms with Crippen molar-refractivity contribution in [3.63, 3.8) is 0 Å². The van der Waals surface area contributed by atoms with Gasteiger partial charge >= 0.3 is 6.18 Å². The van der Waals surface area contributed by atoms with E-state index in [-0.39, 0.29) is 4.47 Å². The van der Waals surface area contributed by atoms with Crippen LogP contribution < -0.4 is 0 Å². The van der Waals surface area contributed by atoms with Gasteiger partial charge in [0.2, 0.25) is 0 Å². The molecule has 1 aromatic carbocycles. The second-order valence-electron chi connectivity index (χ2n) is 2.56. The molecule has 0 radical (unpaired) electrons. The predicted octanol–water partition coefficient (Wildman–Crippen LogP) is 4.38. The van der Waals surface area contributed by atoms with Gasteiger partial charge in [0.15, 0.2) is 0 Å². The van der Waals surface area contributed by atoms with Gasteiger partial charge in [0.1, 0.15) is 0 Å². The van der Waals surface area contributed by atoms with Crippen molar-refractivity contribution in [2.75, 3.05) is 0 Å². The number of hydrogen-bond donors (Lipinski definition) is 0. The van der Waals surface area contributed by atoms with E-state index in [9.17, 15) is 13.2 Å². The van der Waals surface area contributed by atoms with E-state index in [0.29, 0.717) is 3.57 Å². The van der Waals surface area contributed by atoms with Crippen molar-refractivity contribution < 1.29 is 13.2 Å². The Morgan fingerprint density at radius 2 is 1.85 bits per heavy atom. The first-order valence-corrected chi connectivity index (χ1v) is 5.23. The summed E-state index contributed by atoms with van der Waals surface area (Å²) in [4.78, 5) is 0. The highest BCUT2D eigenvalue weighted by Gasteiger charge is 2.33. The monoisotopic (exact) mass is 364 g/mol. The molecule has 0 aromatic heterocycles. The van der Waals surface area contributed by atoms with Crippen LogP contribution in [0.3, 0.4) is 0 Å². The van der Waals surface area contributed by atoms with Crippen molar-refractivity contribution in [2.24, 2.45) is 0 Å². The van der Waals surface area contributed by atoms with Crippen LogP contribution in [0.5, 0.6) is 0 Å². The lowest BCUT2D eigenvalue weighted by atomic mass is 10.1. The van der Waals surface area contributed by atoms with Crippen LogP contribution in [0.25, 0.3) is 0 Å². The molecule has 0 atom stereocenters. The Kier molecular flexibility index (Phi) is 3.27. The van der Waals surface area contributed by atoms with E-state index in [0.717, 1.165) is 11.6 Å². The minimum absolute atomic E-state index is 0.126. The summed E-state index contributed by atoms with van der Waals surface area (Å²) in [5.41, 5.74) is 0.211. The van der Waals surface area contributed by atoms with Gasteiger partial charge in [0.05, 0.1) is 5.56 Å². The molecule has 0 amide bonds. The fourth-order valence-electron chi connectivity index (χ4n) is 0.865. The number of alkyl halides is 3. The van der Waals surface area contributed by atoms with E-state index in [1.807, 2.05) is 22.6 Å². The van der Waals surface area contributed by atoms with Crippen LogP contribution in [0, 0.1) is 10.5 Å². The van der Waals surface area contributed by atoms with Crippen LogP contribution in [0.4, 0.5) is 13.2 Å². The third kappa shape index (κ3) is 2.37. The molecule has 0 bridgehead atoms. The van der Waals surface area contributed by atoms with Gasteiger partial charge in [-0.15, -0.1) is 0 Å². The summed E-state index contributed by atoms with van der Waals surface area (Å²) in [6.07, 6.45) is -4.29. The topological polar surface area (TPSA) is 0 Å². The summed E-state index contributed by atoms with van der Waals surface area (Å²) >= 11 is 4.83. The number of halogens is 5. The molecule has 13 heavy (non-hydrogen) atoms. The van der Waals surface area contributed by atoms with E-state index in [1.165, 1.54) is 6.07 Å². The van der Waals surface area contributed by atoms with Gasteiger partial charge in [-0.3, -0.25) is 0 Å². The zero-order valence-electron chi connectivity index (χ0n) is 6.54. The maximum absolute atomic E-state index is 12.3. The summed E-state index contributed by atoms with van der Waals surface area (Å²) < 4.78 is 37.7. The molecule has 5 heteroatoms. The first-order chi connectivity index (χ1) is 5.84. The molecule has 0 spiro atoms. The van der Waals surface area contributed by atoms with Crippen molar-refractivity contribution in [2.45, 2.75) is 13.1 Å². The molecule has 0 heterocycles. The van der Waals surface area contributed by atoms with Crippen molar-refractivity contribution in [3.8, 4) is 0 Å². The van der Waals surface area contributed by atoms with Gasteiger partial charge in [-0.25, -0.2) is 0 Å². The minimum atomic E-state index is -4.29. The molecular formula is C8H5BrF3I. The Hall–Kier alpha value is 0.220. The highest BCUT2D eigenvalue weighted by atomic mass is 127. The van der Waals surface area contributed by atoms with Gasteiger partial charge in [-0.05, 0) is 57.1 Å². The Bertz CT molecular complexity index is 333. The molecule has 0 saturated heterocycles. The molecule has 0 aliphatic heterocycles. The van der Waals surface area contributed by atoms with E-state index < -0.39 is 11.7 Å². The summed E-state index contributed by atoms with van der Waals surface area (Å²) in [7, 11) is 0. The fraction of sp³-hybridized carbons (Fsp3) is 0.250. The highest BCUT2D eigenvalue weighted by Crippen LogP contribution is 2.37. The number of benzene rings is 1. The van der Waals surface area contributed by atoms with Gasteiger partial charge in [-0.1, -0.05) is 6.07 Å². The Morgan fingerprint density at radius 3 is 2.31 bits per heavy atom. The average molecular weight is 365 g/mol. The molecule has 1 aromatic rings. The molecule has 0 saturated carbocycles. The summed E-state index contributed by atoms with van der Waals surface area (Å²) in [5, 5.41) is 0. The minimum Gasteiger partial charge on any atom is -0.166 e. The standard InChI is InChI=1S/C8H5BrF3I/c1-4-2-3-5(8(10,11)12)6(9)7(4)13/h2-3H,1H3. The zero-order valence-corrected chi connectivity index (χ0v) is 10.3. The zero-order chi connectivity index (χ0) is 10.2. The average Bonchev–Trinajstić information content (AvgIpc) is 1.98. The van der Waals surface area contributed by atoms with Crippen molar-refractivity contribution in [1.82, 2.24) is 0 Å². The van der Waals surface area contributed by atoms with E-state index in [1.54, 1.807) is 6.92 Å². The van der Waals surface area contributed by atoms with E-state index >= 15 is 0 Å². The SMILES string of the molecule is Cc1ccc(C(F)(F)F)c(Br)c1I. The van der Waals surface area contributed by atoms with Gasteiger partial charge in [-0.2, -0.15) is 13.2 Å². The fourth-order valence-corrected chi connectivity index (χ4v) is 2.00. The summed E-state index contributed by atoms with van der Waals surface area (Å²) in [5.74, 6) is 0. The molecule has 0 aliphatic carbocycles. The molecule has 0 unspecified atom stereocenters. The largest absolute Gasteiger partial charge is 0.417 e. The Morgan fingerprint density at radius 1 is 1.31 bits per heavy atom. The van der Waals surface area contributed by atoms with Crippen LogP contribution in [0.1, 0.15) is 11.1 Å². The van der Waals surface area contributed by atoms with E-state index in [4.69, 9.17) is 0 Å². The lowest BCUT2D eigenvalue weighted by Crippen LogP contribution is -2.07. The second kappa shape index (κ2) is 3.76. The van der Waals surface area contributed by atoms with Gasteiger partial charge in [0, 0.05) is 8.04 Å². The third-order valence-corrected chi connectivity index (χ3v) is 4.54. The molecular weight excluding hydrogens is 360 g/mol. The second-order valence-corrected chi connectivity index (χ2v) is 4.43. The van der Waals surface area contributed by atoms with Crippen molar-refractivity contribution >= 4 is 38.5 Å². The number of hydrogen-bond acceptors (Lipinski definition) is 0. The number of aryl methyl sites for hydroxylation is 1. The maximum Gasteiger partial charge on any atom is 0.417 e. The van der Waals surface area contributed by atoms with Crippen LogP contribution in [0.15, 0.2) is 16.6 Å². The lowest BCUT2D eigenvalue weighted by molar-refractivity contribution is -0.138. The van der Waals surface area contributed by atoms with Crippen molar-refractivity contribution in [3.05, 3.63) is 31.3 Å². The molecule has 72 valence electrons. The Balaban J connectivity index is 3.35. The molecule has 1 rings (SSSR count). The van der Waals surface area contributed by atoms with Gasteiger partial charge in [0.25, 0.3) is 0 Å². The van der Waals surface area contributed by atoms with Crippen molar-refractivity contribution in [1.29, 1.82) is 0 Å². The predicted molar refractivity (Wildman–Crippen MR) is 56.6 cm³/mol. The molecule has 0 N–H and O–H groups in total. The smallest absolute Gasteiger partial charge is 0.166 e. The quantitative estimate of drug-likeness (QED) is 0.599. The number of rotatable bonds is 0. The summed E-state index contributed by atoms with van der Waals surface area (Å²) in [6, 6.07) is 2.55. The first kappa shape index (κ1) is 11.3. The lowest BCUT2D eigenvalue weighted by Gasteiger charge is -2.11. The van der Waals surface area contributed by atoms with Crippen LogP contribution in [-0.4, -0.2) is 0 Å². The normalized spacial score (nSPS) is 11.8. The van der Waals surface area contributed by atoms with E-state index in [2.05, 4.69) is 15.9 Å².